The Balaban J connectivity index is 1.67. The van der Waals surface area contributed by atoms with Gasteiger partial charge >= 0.3 is 0 Å². The molecule has 0 radical (unpaired) electrons. The minimum absolute atomic E-state index is 0.399. The largest absolute Gasteiger partial charge is 0.399 e. The number of aryl methyl sites for hydroxylation is 1. The number of nitrogen functional groups attached to an aromatic ring is 1. The Hall–Kier alpha value is -1.06. The van der Waals surface area contributed by atoms with Crippen LogP contribution in [0, 0.1) is 0 Å². The summed E-state index contributed by atoms with van der Waals surface area (Å²) in [7, 11) is 4.42. The second-order valence-electron chi connectivity index (χ2n) is 6.40. The number of benzene rings is 1. The van der Waals surface area contributed by atoms with Crippen molar-refractivity contribution in [2.24, 2.45) is 0 Å². The van der Waals surface area contributed by atoms with Crippen LogP contribution in [-0.2, 0) is 6.42 Å². The Bertz CT molecular complexity index is 463. The number of anilines is 1. The summed E-state index contributed by atoms with van der Waals surface area (Å²) in [6.07, 6.45) is 6.40. The Morgan fingerprint density at radius 1 is 1.37 bits per heavy atom. The zero-order valence-corrected chi connectivity index (χ0v) is 12.1. The van der Waals surface area contributed by atoms with Crippen LogP contribution in [0.25, 0.3) is 0 Å². The summed E-state index contributed by atoms with van der Waals surface area (Å²) in [6.45, 7) is 1.11. The van der Waals surface area contributed by atoms with Gasteiger partial charge in [0.15, 0.2) is 0 Å². The average Bonchev–Trinajstić information content (AvgIpc) is 2.69. The second-order valence-corrected chi connectivity index (χ2v) is 6.40. The fraction of sp³-hybridized carbons (Fsp3) is 0.625. The normalized spacial score (nSPS) is 24.3. The minimum Gasteiger partial charge on any atom is -0.399 e. The van der Waals surface area contributed by atoms with Crippen molar-refractivity contribution in [1.29, 1.82) is 0 Å². The third-order valence-electron chi connectivity index (χ3n) is 5.16. The molecule has 1 unspecified atom stereocenters. The maximum absolute atomic E-state index is 5.86. The molecule has 3 N–H and O–H groups in total. The molecule has 1 aromatic rings. The van der Waals surface area contributed by atoms with Crippen LogP contribution in [-0.4, -0.2) is 31.1 Å². The highest BCUT2D eigenvalue weighted by molar-refractivity contribution is 5.47. The fourth-order valence-electron chi connectivity index (χ4n) is 3.53. The van der Waals surface area contributed by atoms with Crippen molar-refractivity contribution in [3.8, 4) is 0 Å². The number of nitrogens with zero attached hydrogens (tertiary/aromatic N) is 1. The molecule has 0 aliphatic heterocycles. The first-order chi connectivity index (χ1) is 9.11. The number of fused-ring (bicyclic) bond motifs is 1. The lowest BCUT2D eigenvalue weighted by Crippen LogP contribution is -2.56. The van der Waals surface area contributed by atoms with E-state index >= 15 is 0 Å². The van der Waals surface area contributed by atoms with E-state index in [4.69, 9.17) is 5.73 Å². The van der Waals surface area contributed by atoms with E-state index in [9.17, 15) is 0 Å². The molecule has 0 spiro atoms. The zero-order valence-electron chi connectivity index (χ0n) is 12.1. The highest BCUT2D eigenvalue weighted by Gasteiger charge is 2.39. The van der Waals surface area contributed by atoms with Gasteiger partial charge in [-0.15, -0.1) is 0 Å². The highest BCUT2D eigenvalue weighted by Crippen LogP contribution is 2.37. The molecule has 0 aromatic heterocycles. The fourth-order valence-corrected chi connectivity index (χ4v) is 3.53. The van der Waals surface area contributed by atoms with E-state index in [1.807, 2.05) is 6.07 Å². The van der Waals surface area contributed by atoms with Gasteiger partial charge in [-0.2, -0.15) is 0 Å². The van der Waals surface area contributed by atoms with E-state index in [1.54, 1.807) is 0 Å². The number of rotatable bonds is 4. The maximum atomic E-state index is 5.86. The van der Waals surface area contributed by atoms with Gasteiger partial charge in [0, 0.05) is 23.8 Å². The molecular weight excluding hydrogens is 234 g/mol. The molecule has 19 heavy (non-hydrogen) atoms. The Labute approximate surface area is 116 Å². The third kappa shape index (κ3) is 2.26. The van der Waals surface area contributed by atoms with Crippen molar-refractivity contribution < 1.29 is 0 Å². The predicted molar refractivity (Wildman–Crippen MR) is 80.2 cm³/mol. The van der Waals surface area contributed by atoms with Crippen LogP contribution < -0.4 is 11.1 Å². The van der Waals surface area contributed by atoms with E-state index < -0.39 is 0 Å². The lowest BCUT2D eigenvalue weighted by atomic mass is 9.75. The van der Waals surface area contributed by atoms with Gasteiger partial charge in [0.25, 0.3) is 0 Å². The molecule has 3 heteroatoms. The summed E-state index contributed by atoms with van der Waals surface area (Å²) in [6, 6.07) is 6.90. The van der Waals surface area contributed by atoms with Crippen molar-refractivity contribution in [1.82, 2.24) is 10.2 Å². The van der Waals surface area contributed by atoms with Gasteiger partial charge in [0.05, 0.1) is 0 Å². The van der Waals surface area contributed by atoms with E-state index in [0.29, 0.717) is 11.6 Å². The van der Waals surface area contributed by atoms with Crippen LogP contribution in [0.4, 0.5) is 5.69 Å². The number of nitrogens with one attached hydrogen (secondary N) is 1. The van der Waals surface area contributed by atoms with Crippen LogP contribution in [0.15, 0.2) is 18.2 Å². The lowest BCUT2D eigenvalue weighted by Gasteiger charge is -2.48. The van der Waals surface area contributed by atoms with E-state index in [2.05, 4.69) is 36.4 Å². The highest BCUT2D eigenvalue weighted by atomic mass is 15.2. The molecule has 0 heterocycles. The van der Waals surface area contributed by atoms with Gasteiger partial charge < -0.3 is 16.0 Å². The standard InChI is InChI=1S/C16H25N3/c1-19(2)16(8-3-9-16)11-18-15-7-4-12-10-13(17)5-6-14(12)15/h5-6,10,15,18H,3-4,7-9,11,17H2,1-2H3. The average molecular weight is 259 g/mol. The Morgan fingerprint density at radius 2 is 2.16 bits per heavy atom. The van der Waals surface area contributed by atoms with Gasteiger partial charge in [0.2, 0.25) is 0 Å². The van der Waals surface area contributed by atoms with E-state index in [0.717, 1.165) is 18.7 Å². The zero-order chi connectivity index (χ0) is 13.5. The summed E-state index contributed by atoms with van der Waals surface area (Å²) in [5.41, 5.74) is 10.0. The monoisotopic (exact) mass is 259 g/mol. The molecule has 1 fully saturated rings. The molecule has 1 atom stereocenters. The van der Waals surface area contributed by atoms with Crippen molar-refractivity contribution >= 4 is 5.69 Å². The summed E-state index contributed by atoms with van der Waals surface area (Å²) < 4.78 is 0. The minimum atomic E-state index is 0.399. The van der Waals surface area contributed by atoms with Crippen LogP contribution in [0.3, 0.4) is 0 Å². The first-order valence-corrected chi connectivity index (χ1v) is 7.40. The van der Waals surface area contributed by atoms with Crippen molar-refractivity contribution in [2.45, 2.75) is 43.7 Å². The van der Waals surface area contributed by atoms with Crippen molar-refractivity contribution in [2.75, 3.05) is 26.4 Å². The molecule has 3 nitrogen and oxygen atoms in total. The summed E-state index contributed by atoms with van der Waals surface area (Å²) >= 11 is 0. The molecule has 3 rings (SSSR count). The van der Waals surface area contributed by atoms with Gasteiger partial charge in [-0.25, -0.2) is 0 Å². The summed E-state index contributed by atoms with van der Waals surface area (Å²) in [5.74, 6) is 0. The van der Waals surface area contributed by atoms with Crippen LogP contribution >= 0.6 is 0 Å². The molecule has 0 saturated heterocycles. The predicted octanol–water partition coefficient (Wildman–Crippen LogP) is 2.33. The van der Waals surface area contributed by atoms with E-state index in [1.165, 1.54) is 36.8 Å². The Morgan fingerprint density at radius 3 is 2.79 bits per heavy atom. The molecule has 104 valence electrons. The first-order valence-electron chi connectivity index (χ1n) is 7.40. The summed E-state index contributed by atoms with van der Waals surface area (Å²) in [5, 5.41) is 3.80. The molecule has 1 saturated carbocycles. The van der Waals surface area contributed by atoms with Crippen LogP contribution in [0.1, 0.15) is 42.9 Å². The summed E-state index contributed by atoms with van der Waals surface area (Å²) in [4.78, 5) is 2.41. The van der Waals surface area contributed by atoms with Crippen molar-refractivity contribution in [3.05, 3.63) is 29.3 Å². The maximum Gasteiger partial charge on any atom is 0.0328 e. The molecule has 2 aliphatic rings. The number of likely N-dealkylation sites (N-methyl/N-ethyl adjacent to an activating group) is 1. The molecule has 0 amide bonds. The quantitative estimate of drug-likeness (QED) is 0.815. The molecule has 2 aliphatic carbocycles. The van der Waals surface area contributed by atoms with Crippen molar-refractivity contribution in [3.63, 3.8) is 0 Å². The third-order valence-corrected chi connectivity index (χ3v) is 5.16. The topological polar surface area (TPSA) is 41.3 Å². The van der Waals surface area contributed by atoms with Gasteiger partial charge in [0.1, 0.15) is 0 Å². The number of hydrogen-bond donors (Lipinski definition) is 2. The molecule has 0 bridgehead atoms. The van der Waals surface area contributed by atoms with Gasteiger partial charge in [-0.05, 0) is 69.5 Å². The smallest absolute Gasteiger partial charge is 0.0328 e. The van der Waals surface area contributed by atoms with E-state index in [-0.39, 0.29) is 0 Å². The molecule has 1 aromatic carbocycles. The second kappa shape index (κ2) is 4.80. The lowest BCUT2D eigenvalue weighted by molar-refractivity contribution is 0.0571. The number of hydrogen-bond acceptors (Lipinski definition) is 3. The Kier molecular flexibility index (Phi) is 3.27. The number of nitrogens with two attached hydrogens (primary N) is 1. The van der Waals surface area contributed by atoms with Gasteiger partial charge in [-0.3, -0.25) is 0 Å². The molecular formula is C16H25N3. The SMILES string of the molecule is CN(C)C1(CNC2CCc3cc(N)ccc32)CCC1. The van der Waals surface area contributed by atoms with Crippen LogP contribution in [0.2, 0.25) is 0 Å². The first kappa shape index (κ1) is 12.9. The van der Waals surface area contributed by atoms with Gasteiger partial charge in [-0.1, -0.05) is 6.07 Å². The van der Waals surface area contributed by atoms with Crippen LogP contribution in [0.5, 0.6) is 0 Å².